The minimum atomic E-state index is -0.432. The van der Waals surface area contributed by atoms with Gasteiger partial charge in [-0.3, -0.25) is 4.79 Å². The van der Waals surface area contributed by atoms with Crippen LogP contribution in [0.2, 0.25) is 0 Å². The predicted octanol–water partition coefficient (Wildman–Crippen LogP) is 2.36. The van der Waals surface area contributed by atoms with Crippen molar-refractivity contribution in [3.05, 3.63) is 59.0 Å². The fourth-order valence-electron chi connectivity index (χ4n) is 2.01. The van der Waals surface area contributed by atoms with Gasteiger partial charge in [-0.1, -0.05) is 30.3 Å². The normalized spacial score (nSPS) is 12.2. The highest BCUT2D eigenvalue weighted by molar-refractivity contribution is 5.93. The van der Waals surface area contributed by atoms with Gasteiger partial charge in [-0.05, 0) is 25.5 Å². The molecule has 0 saturated carbocycles. The highest BCUT2D eigenvalue weighted by Crippen LogP contribution is 2.16. The van der Waals surface area contributed by atoms with Crippen LogP contribution in [0.1, 0.15) is 33.5 Å². The maximum atomic E-state index is 12.1. The second kappa shape index (κ2) is 5.71. The molecule has 4 nitrogen and oxygen atoms in total. The number of nitrogens with one attached hydrogen (secondary N) is 1. The first-order chi connectivity index (χ1) is 9.11. The molecule has 2 N–H and O–H groups in total. The quantitative estimate of drug-likeness (QED) is 0.886. The summed E-state index contributed by atoms with van der Waals surface area (Å²) in [5.74, 6) is 0.684. The molecule has 2 aromatic rings. The van der Waals surface area contributed by atoms with Crippen LogP contribution in [0.5, 0.6) is 0 Å². The van der Waals surface area contributed by atoms with Gasteiger partial charge in [0.05, 0.1) is 12.6 Å². The minimum absolute atomic E-state index is 0.158. The fourth-order valence-corrected chi connectivity index (χ4v) is 2.01. The molecule has 4 heteroatoms. The predicted molar refractivity (Wildman–Crippen MR) is 71.9 cm³/mol. The Labute approximate surface area is 112 Å². The van der Waals surface area contributed by atoms with Crippen molar-refractivity contribution in [1.82, 2.24) is 5.32 Å². The number of aliphatic hydroxyl groups is 1. The standard InChI is InChI=1S/C15H17NO3/c1-10-8-11(2)19-14(10)15(18)16-13(9-17)12-6-4-3-5-7-12/h3-8,13,17H,9H2,1-2H3,(H,16,18). The molecule has 0 aliphatic heterocycles. The van der Waals surface area contributed by atoms with Crippen LogP contribution < -0.4 is 5.32 Å². The molecule has 1 unspecified atom stereocenters. The zero-order chi connectivity index (χ0) is 13.8. The Kier molecular flexibility index (Phi) is 4.02. The molecule has 0 aliphatic carbocycles. The number of furan rings is 1. The van der Waals surface area contributed by atoms with Crippen LogP contribution in [0.25, 0.3) is 0 Å². The minimum Gasteiger partial charge on any atom is -0.456 e. The first-order valence-electron chi connectivity index (χ1n) is 6.15. The summed E-state index contributed by atoms with van der Waals surface area (Å²) in [4.78, 5) is 12.1. The van der Waals surface area contributed by atoms with Gasteiger partial charge in [-0.25, -0.2) is 0 Å². The number of carbonyl (C=O) groups excluding carboxylic acids is 1. The molecule has 1 aromatic carbocycles. The molecule has 1 amide bonds. The summed E-state index contributed by atoms with van der Waals surface area (Å²) in [5.41, 5.74) is 1.65. The smallest absolute Gasteiger partial charge is 0.287 e. The van der Waals surface area contributed by atoms with E-state index in [1.807, 2.05) is 43.3 Å². The van der Waals surface area contributed by atoms with Gasteiger partial charge in [0.2, 0.25) is 0 Å². The van der Waals surface area contributed by atoms with Crippen molar-refractivity contribution in [3.63, 3.8) is 0 Å². The van der Waals surface area contributed by atoms with Gasteiger partial charge in [-0.15, -0.1) is 0 Å². The van der Waals surface area contributed by atoms with Gasteiger partial charge in [0.1, 0.15) is 5.76 Å². The maximum absolute atomic E-state index is 12.1. The summed E-state index contributed by atoms with van der Waals surface area (Å²) in [5, 5.41) is 12.2. The summed E-state index contributed by atoms with van der Waals surface area (Å²) in [6.07, 6.45) is 0. The Hall–Kier alpha value is -2.07. The van der Waals surface area contributed by atoms with Gasteiger partial charge in [-0.2, -0.15) is 0 Å². The van der Waals surface area contributed by atoms with Gasteiger partial charge in [0, 0.05) is 5.56 Å². The third kappa shape index (κ3) is 3.03. The van der Waals surface area contributed by atoms with E-state index in [0.717, 1.165) is 11.1 Å². The molecule has 1 atom stereocenters. The van der Waals surface area contributed by atoms with Crippen molar-refractivity contribution in [2.45, 2.75) is 19.9 Å². The number of aliphatic hydroxyl groups excluding tert-OH is 1. The summed E-state index contributed by atoms with van der Waals surface area (Å²) in [7, 11) is 0. The van der Waals surface area contributed by atoms with Gasteiger partial charge < -0.3 is 14.8 Å². The monoisotopic (exact) mass is 259 g/mol. The molecule has 0 radical (unpaired) electrons. The molecule has 1 heterocycles. The van der Waals surface area contributed by atoms with E-state index in [0.29, 0.717) is 11.5 Å². The molecular weight excluding hydrogens is 242 g/mol. The number of aryl methyl sites for hydroxylation is 2. The van der Waals surface area contributed by atoms with Crippen molar-refractivity contribution in [2.24, 2.45) is 0 Å². The van der Waals surface area contributed by atoms with E-state index < -0.39 is 6.04 Å². The van der Waals surface area contributed by atoms with E-state index in [-0.39, 0.29) is 12.5 Å². The van der Waals surface area contributed by atoms with Crippen LogP contribution in [0.15, 0.2) is 40.8 Å². The van der Waals surface area contributed by atoms with Crippen molar-refractivity contribution < 1.29 is 14.3 Å². The highest BCUT2D eigenvalue weighted by atomic mass is 16.3. The summed E-state index contributed by atoms with van der Waals surface area (Å²) in [6, 6.07) is 10.7. The van der Waals surface area contributed by atoms with Crippen molar-refractivity contribution in [1.29, 1.82) is 0 Å². The number of rotatable bonds is 4. The zero-order valence-electron chi connectivity index (χ0n) is 11.0. The van der Waals surface area contributed by atoms with E-state index >= 15 is 0 Å². The van der Waals surface area contributed by atoms with Gasteiger partial charge in [0.25, 0.3) is 5.91 Å². The SMILES string of the molecule is Cc1cc(C)c(C(=O)NC(CO)c2ccccc2)o1. The molecular formula is C15H17NO3. The van der Waals surface area contributed by atoms with E-state index in [2.05, 4.69) is 5.32 Å². The Balaban J connectivity index is 2.15. The third-order valence-electron chi connectivity index (χ3n) is 2.94. The first kappa shape index (κ1) is 13.4. The van der Waals surface area contributed by atoms with Crippen LogP contribution in [-0.4, -0.2) is 17.6 Å². The summed E-state index contributed by atoms with van der Waals surface area (Å²) >= 11 is 0. The number of carbonyl (C=O) groups is 1. The Morgan fingerprint density at radius 1 is 1.32 bits per heavy atom. The molecule has 19 heavy (non-hydrogen) atoms. The molecule has 0 bridgehead atoms. The Bertz CT molecular complexity index is 560. The van der Waals surface area contributed by atoms with E-state index in [1.165, 1.54) is 0 Å². The van der Waals surface area contributed by atoms with Crippen LogP contribution >= 0.6 is 0 Å². The average molecular weight is 259 g/mol. The molecule has 0 spiro atoms. The molecule has 2 rings (SSSR count). The number of hydrogen-bond acceptors (Lipinski definition) is 3. The molecule has 0 aliphatic rings. The summed E-state index contributed by atoms with van der Waals surface area (Å²) in [6.45, 7) is 3.46. The van der Waals surface area contributed by atoms with Crippen molar-refractivity contribution in [3.8, 4) is 0 Å². The lowest BCUT2D eigenvalue weighted by Crippen LogP contribution is -2.30. The lowest BCUT2D eigenvalue weighted by atomic mass is 10.1. The number of benzene rings is 1. The van der Waals surface area contributed by atoms with Crippen molar-refractivity contribution >= 4 is 5.91 Å². The lowest BCUT2D eigenvalue weighted by molar-refractivity contribution is 0.0886. The first-order valence-corrected chi connectivity index (χ1v) is 6.15. The fraction of sp³-hybridized carbons (Fsp3) is 0.267. The van der Waals surface area contributed by atoms with E-state index in [1.54, 1.807) is 6.92 Å². The van der Waals surface area contributed by atoms with Crippen LogP contribution in [-0.2, 0) is 0 Å². The van der Waals surface area contributed by atoms with Crippen molar-refractivity contribution in [2.75, 3.05) is 6.61 Å². The topological polar surface area (TPSA) is 62.5 Å². The Morgan fingerprint density at radius 3 is 2.53 bits per heavy atom. The zero-order valence-corrected chi connectivity index (χ0v) is 11.0. The molecule has 0 fully saturated rings. The number of amides is 1. The molecule has 1 aromatic heterocycles. The third-order valence-corrected chi connectivity index (χ3v) is 2.94. The van der Waals surface area contributed by atoms with E-state index in [4.69, 9.17) is 4.42 Å². The van der Waals surface area contributed by atoms with E-state index in [9.17, 15) is 9.90 Å². The number of hydrogen-bond donors (Lipinski definition) is 2. The second-order valence-electron chi connectivity index (χ2n) is 4.49. The molecule has 0 saturated heterocycles. The Morgan fingerprint density at radius 2 is 2.00 bits per heavy atom. The van der Waals surface area contributed by atoms with Crippen LogP contribution in [0, 0.1) is 13.8 Å². The molecule has 100 valence electrons. The second-order valence-corrected chi connectivity index (χ2v) is 4.49. The average Bonchev–Trinajstić information content (AvgIpc) is 2.76. The summed E-state index contributed by atoms with van der Waals surface area (Å²) < 4.78 is 5.36. The lowest BCUT2D eigenvalue weighted by Gasteiger charge is -2.16. The van der Waals surface area contributed by atoms with Gasteiger partial charge in [0.15, 0.2) is 5.76 Å². The highest BCUT2D eigenvalue weighted by Gasteiger charge is 2.19. The largest absolute Gasteiger partial charge is 0.456 e. The van der Waals surface area contributed by atoms with Gasteiger partial charge >= 0.3 is 0 Å². The maximum Gasteiger partial charge on any atom is 0.287 e. The van der Waals surface area contributed by atoms with Crippen LogP contribution in [0.3, 0.4) is 0 Å². The van der Waals surface area contributed by atoms with Crippen LogP contribution in [0.4, 0.5) is 0 Å².